The summed E-state index contributed by atoms with van der Waals surface area (Å²) < 4.78 is 9.72. The summed E-state index contributed by atoms with van der Waals surface area (Å²) in [6.07, 6.45) is -0.739. The van der Waals surface area contributed by atoms with Crippen molar-refractivity contribution in [2.24, 2.45) is 0 Å². The first-order valence-electron chi connectivity index (χ1n) is 6.70. The molecule has 1 atom stereocenters. The lowest BCUT2D eigenvalue weighted by Gasteiger charge is -2.21. The van der Waals surface area contributed by atoms with Crippen molar-refractivity contribution in [3.63, 3.8) is 0 Å². The SMILES string of the molecule is CC(C)(C)OC(=O)Nc1cc(Cl)ccc1C1CC(=O)OC1=O. The molecule has 0 aliphatic carbocycles. The summed E-state index contributed by atoms with van der Waals surface area (Å²) in [5, 5.41) is 2.94. The normalized spacial score (nSPS) is 18.1. The van der Waals surface area contributed by atoms with Gasteiger partial charge in [-0.2, -0.15) is 0 Å². The highest BCUT2D eigenvalue weighted by Crippen LogP contribution is 2.34. The number of anilines is 1. The van der Waals surface area contributed by atoms with Crippen LogP contribution in [-0.2, 0) is 19.1 Å². The third-order valence-corrected chi connectivity index (χ3v) is 3.13. The molecule has 22 heavy (non-hydrogen) atoms. The third-order valence-electron chi connectivity index (χ3n) is 2.90. The smallest absolute Gasteiger partial charge is 0.412 e. The number of nitrogens with one attached hydrogen (secondary N) is 1. The van der Waals surface area contributed by atoms with E-state index in [2.05, 4.69) is 10.1 Å². The molecule has 0 radical (unpaired) electrons. The molecular weight excluding hydrogens is 310 g/mol. The van der Waals surface area contributed by atoms with Gasteiger partial charge >= 0.3 is 18.0 Å². The van der Waals surface area contributed by atoms with Gasteiger partial charge in [0.15, 0.2) is 0 Å². The zero-order valence-electron chi connectivity index (χ0n) is 12.4. The van der Waals surface area contributed by atoms with Crippen LogP contribution < -0.4 is 5.32 Å². The average Bonchev–Trinajstić information content (AvgIpc) is 2.66. The highest BCUT2D eigenvalue weighted by Gasteiger charge is 2.36. The highest BCUT2D eigenvalue weighted by atomic mass is 35.5. The first-order valence-corrected chi connectivity index (χ1v) is 7.07. The zero-order chi connectivity index (χ0) is 16.5. The van der Waals surface area contributed by atoms with Crippen LogP contribution in [0.25, 0.3) is 0 Å². The topological polar surface area (TPSA) is 81.7 Å². The number of hydrogen-bond donors (Lipinski definition) is 1. The predicted octanol–water partition coefficient (Wildman–Crippen LogP) is 3.24. The summed E-state index contributed by atoms with van der Waals surface area (Å²) >= 11 is 5.93. The Kier molecular flexibility index (Phi) is 4.42. The minimum absolute atomic E-state index is 0.0660. The number of carbonyl (C=O) groups excluding carboxylic acids is 3. The Morgan fingerprint density at radius 1 is 1.36 bits per heavy atom. The lowest BCUT2D eigenvalue weighted by molar-refractivity contribution is -0.152. The fraction of sp³-hybridized carbons (Fsp3) is 0.400. The molecule has 118 valence electrons. The van der Waals surface area contributed by atoms with Gasteiger partial charge in [-0.3, -0.25) is 14.9 Å². The Morgan fingerprint density at radius 2 is 2.05 bits per heavy atom. The molecule has 1 unspecified atom stereocenters. The molecule has 1 aromatic rings. The predicted molar refractivity (Wildman–Crippen MR) is 79.8 cm³/mol. The molecule has 7 heteroatoms. The fourth-order valence-corrected chi connectivity index (χ4v) is 2.24. The van der Waals surface area contributed by atoms with Gasteiger partial charge in [0.05, 0.1) is 12.3 Å². The molecule has 0 aromatic heterocycles. The molecule has 6 nitrogen and oxygen atoms in total. The molecule has 1 amide bonds. The van der Waals surface area contributed by atoms with Crippen LogP contribution in [0.3, 0.4) is 0 Å². The quantitative estimate of drug-likeness (QED) is 0.666. The maximum Gasteiger partial charge on any atom is 0.412 e. The average molecular weight is 326 g/mol. The summed E-state index contributed by atoms with van der Waals surface area (Å²) in [7, 11) is 0. The van der Waals surface area contributed by atoms with Gasteiger partial charge in [0, 0.05) is 10.7 Å². The number of hydrogen-bond acceptors (Lipinski definition) is 5. The van der Waals surface area contributed by atoms with Gasteiger partial charge < -0.3 is 9.47 Å². The number of benzene rings is 1. The van der Waals surface area contributed by atoms with Crippen molar-refractivity contribution in [3.05, 3.63) is 28.8 Å². The number of carbonyl (C=O) groups is 3. The van der Waals surface area contributed by atoms with Gasteiger partial charge in [-0.1, -0.05) is 17.7 Å². The Bertz CT molecular complexity index is 635. The molecule has 1 N–H and O–H groups in total. The van der Waals surface area contributed by atoms with Crippen LogP contribution in [0, 0.1) is 0 Å². The molecule has 0 spiro atoms. The molecule has 0 bridgehead atoms. The van der Waals surface area contributed by atoms with Crippen molar-refractivity contribution >= 4 is 35.3 Å². The van der Waals surface area contributed by atoms with E-state index in [0.29, 0.717) is 16.3 Å². The number of cyclic esters (lactones) is 2. The van der Waals surface area contributed by atoms with Crippen LogP contribution in [0.1, 0.15) is 38.7 Å². The van der Waals surface area contributed by atoms with E-state index in [1.54, 1.807) is 32.9 Å². The Labute approximate surface area is 132 Å². The summed E-state index contributed by atoms with van der Waals surface area (Å²) in [6, 6.07) is 4.66. The van der Waals surface area contributed by atoms with Crippen molar-refractivity contribution in [1.82, 2.24) is 0 Å². The van der Waals surface area contributed by atoms with Gasteiger partial charge in [-0.05, 0) is 38.5 Å². The third kappa shape index (κ3) is 3.98. The fourth-order valence-electron chi connectivity index (χ4n) is 2.07. The Morgan fingerprint density at radius 3 is 2.59 bits per heavy atom. The molecule has 2 rings (SSSR count). The van der Waals surface area contributed by atoms with E-state index in [-0.39, 0.29) is 6.42 Å². The largest absolute Gasteiger partial charge is 0.444 e. The van der Waals surface area contributed by atoms with Gasteiger partial charge in [0.25, 0.3) is 0 Å². The minimum atomic E-state index is -0.755. The van der Waals surface area contributed by atoms with E-state index >= 15 is 0 Å². The molecule has 1 heterocycles. The lowest BCUT2D eigenvalue weighted by Crippen LogP contribution is -2.27. The zero-order valence-corrected chi connectivity index (χ0v) is 13.2. The van der Waals surface area contributed by atoms with Crippen LogP contribution in [-0.4, -0.2) is 23.6 Å². The number of amides is 1. The number of esters is 2. The Hall–Kier alpha value is -2.08. The van der Waals surface area contributed by atoms with E-state index < -0.39 is 29.6 Å². The number of ether oxygens (including phenoxy) is 2. The second-order valence-corrected chi connectivity index (χ2v) is 6.34. The number of halogens is 1. The first-order chi connectivity index (χ1) is 10.2. The maximum absolute atomic E-state index is 11.9. The number of rotatable bonds is 2. The van der Waals surface area contributed by atoms with Gasteiger partial charge in [0.1, 0.15) is 5.60 Å². The molecule has 0 saturated carbocycles. The van der Waals surface area contributed by atoms with Crippen molar-refractivity contribution in [3.8, 4) is 0 Å². The van der Waals surface area contributed by atoms with Crippen LogP contribution >= 0.6 is 11.6 Å². The van der Waals surface area contributed by atoms with Crippen LogP contribution in [0.15, 0.2) is 18.2 Å². The van der Waals surface area contributed by atoms with E-state index in [4.69, 9.17) is 16.3 Å². The second kappa shape index (κ2) is 5.96. The maximum atomic E-state index is 11.9. The molecule has 1 aliphatic heterocycles. The molecule has 1 fully saturated rings. The summed E-state index contributed by atoms with van der Waals surface area (Å²) in [4.78, 5) is 34.9. The van der Waals surface area contributed by atoms with Gasteiger partial charge in [-0.25, -0.2) is 4.79 Å². The van der Waals surface area contributed by atoms with Gasteiger partial charge in [0.2, 0.25) is 0 Å². The standard InChI is InChI=1S/C15H16ClNO5/c1-15(2,3)22-14(20)17-11-6-8(16)4-5-9(11)10-7-12(18)21-13(10)19/h4-6,10H,7H2,1-3H3,(H,17,20). The molecule has 1 aliphatic rings. The Balaban J connectivity index is 2.27. The summed E-state index contributed by atoms with van der Waals surface area (Å²) in [5.41, 5.74) is 0.120. The molecular formula is C15H16ClNO5. The van der Waals surface area contributed by atoms with Crippen molar-refractivity contribution in [2.75, 3.05) is 5.32 Å². The lowest BCUT2D eigenvalue weighted by atomic mass is 9.96. The van der Waals surface area contributed by atoms with Crippen molar-refractivity contribution in [1.29, 1.82) is 0 Å². The van der Waals surface area contributed by atoms with E-state index in [9.17, 15) is 14.4 Å². The molecule has 1 saturated heterocycles. The minimum Gasteiger partial charge on any atom is -0.444 e. The van der Waals surface area contributed by atoms with Gasteiger partial charge in [-0.15, -0.1) is 0 Å². The highest BCUT2D eigenvalue weighted by molar-refractivity contribution is 6.31. The van der Waals surface area contributed by atoms with E-state index in [0.717, 1.165) is 0 Å². The molecule has 1 aromatic carbocycles. The van der Waals surface area contributed by atoms with Crippen LogP contribution in [0.5, 0.6) is 0 Å². The monoisotopic (exact) mass is 325 g/mol. The first kappa shape index (κ1) is 16.3. The second-order valence-electron chi connectivity index (χ2n) is 5.91. The van der Waals surface area contributed by atoms with Crippen molar-refractivity contribution < 1.29 is 23.9 Å². The van der Waals surface area contributed by atoms with Crippen LogP contribution in [0.4, 0.5) is 10.5 Å². The summed E-state index contributed by atoms with van der Waals surface area (Å²) in [6.45, 7) is 5.20. The van der Waals surface area contributed by atoms with Crippen LogP contribution in [0.2, 0.25) is 5.02 Å². The van der Waals surface area contributed by atoms with Crippen molar-refractivity contribution in [2.45, 2.75) is 38.7 Å². The summed E-state index contributed by atoms with van der Waals surface area (Å²) in [5.74, 6) is -1.98. The van der Waals surface area contributed by atoms with E-state index in [1.807, 2.05) is 0 Å². The van der Waals surface area contributed by atoms with E-state index in [1.165, 1.54) is 6.07 Å².